The first kappa shape index (κ1) is 23.8. The molecule has 0 saturated heterocycles. The molecule has 2 N–H and O–H groups in total. The summed E-state index contributed by atoms with van der Waals surface area (Å²) in [6, 6.07) is 19.9. The third-order valence-electron chi connectivity index (χ3n) is 3.19. The Bertz CT molecular complexity index is 945. The van der Waals surface area contributed by atoms with E-state index in [4.69, 9.17) is 0 Å². The van der Waals surface area contributed by atoms with Gasteiger partial charge in [-0.2, -0.15) is 10.2 Å². The van der Waals surface area contributed by atoms with E-state index in [0.717, 1.165) is 0 Å². The highest BCUT2D eigenvalue weighted by molar-refractivity contribution is 5.94. The Kier molecular flexibility index (Phi) is 11.0. The summed E-state index contributed by atoms with van der Waals surface area (Å²) in [5, 5.41) is 7.48. The molecule has 2 aromatic heterocycles. The van der Waals surface area contributed by atoms with Crippen LogP contribution in [-0.2, 0) is 4.79 Å². The van der Waals surface area contributed by atoms with Crippen molar-refractivity contribution in [2.45, 2.75) is 14.4 Å². The molecule has 8 nitrogen and oxygen atoms in total. The van der Waals surface area contributed by atoms with Crippen molar-refractivity contribution in [3.05, 3.63) is 96.1 Å². The number of rotatable bonds is 5. The highest BCUT2D eigenvalue weighted by Gasteiger charge is 2.01. The van der Waals surface area contributed by atoms with Crippen LogP contribution in [0.15, 0.2) is 89.3 Å². The predicted molar refractivity (Wildman–Crippen MR) is 118 cm³/mol. The maximum absolute atomic E-state index is 11.6. The minimum Gasteiger partial charge on any atom is -0.274 e. The Hall–Kier alpha value is -4.20. The molecule has 0 radical (unpaired) electrons. The zero-order chi connectivity index (χ0) is 20.7. The third kappa shape index (κ3) is 9.65. The van der Waals surface area contributed by atoms with Crippen LogP contribution < -0.4 is 10.9 Å². The normalized spacial score (nSPS) is 9.90. The van der Waals surface area contributed by atoms with E-state index < -0.39 is 0 Å². The van der Waals surface area contributed by atoms with Gasteiger partial charge in [-0.3, -0.25) is 19.6 Å². The Morgan fingerprint density at radius 1 is 0.767 bits per heavy atom. The molecule has 0 atom stereocenters. The SMILES string of the molecule is C.CC(=O)N/N=C/c1ccccn1.O=C(N/N=C/c1ccccn1)c1ccccc1. The molecule has 0 bridgehead atoms. The minimum atomic E-state index is -0.238. The van der Waals surface area contributed by atoms with Crippen molar-refractivity contribution < 1.29 is 9.59 Å². The summed E-state index contributed by atoms with van der Waals surface area (Å²) in [5.41, 5.74) is 6.71. The highest BCUT2D eigenvalue weighted by Crippen LogP contribution is 1.97. The third-order valence-corrected chi connectivity index (χ3v) is 3.19. The number of benzene rings is 1. The molecule has 0 unspecified atom stereocenters. The number of nitrogens with zero attached hydrogens (tertiary/aromatic N) is 4. The Morgan fingerprint density at radius 2 is 1.27 bits per heavy atom. The van der Waals surface area contributed by atoms with E-state index in [-0.39, 0.29) is 19.2 Å². The molecule has 2 amide bonds. The van der Waals surface area contributed by atoms with Crippen LogP contribution in [0.2, 0.25) is 0 Å². The fraction of sp³-hybridized carbons (Fsp3) is 0.0909. The highest BCUT2D eigenvalue weighted by atomic mass is 16.2. The fourth-order valence-corrected chi connectivity index (χ4v) is 1.91. The molecule has 0 fully saturated rings. The molecule has 3 rings (SSSR count). The molecule has 0 saturated carbocycles. The van der Waals surface area contributed by atoms with Crippen LogP contribution in [0.4, 0.5) is 0 Å². The number of pyridine rings is 2. The first-order valence-corrected chi connectivity index (χ1v) is 8.65. The van der Waals surface area contributed by atoms with Crippen LogP contribution in [0.25, 0.3) is 0 Å². The van der Waals surface area contributed by atoms with Gasteiger partial charge in [0.2, 0.25) is 5.91 Å². The van der Waals surface area contributed by atoms with E-state index in [2.05, 4.69) is 31.0 Å². The average Bonchev–Trinajstić information content (AvgIpc) is 2.76. The molecule has 1 aromatic carbocycles. The molecule has 3 aromatic rings. The van der Waals surface area contributed by atoms with Gasteiger partial charge in [-0.25, -0.2) is 10.9 Å². The van der Waals surface area contributed by atoms with E-state index >= 15 is 0 Å². The smallest absolute Gasteiger partial charge is 0.271 e. The molecule has 0 aliphatic rings. The number of nitrogens with one attached hydrogen (secondary N) is 2. The number of carbonyl (C=O) groups excluding carboxylic acids is 2. The zero-order valence-corrected chi connectivity index (χ0v) is 15.8. The van der Waals surface area contributed by atoms with Gasteiger partial charge in [0.15, 0.2) is 0 Å². The Labute approximate surface area is 175 Å². The van der Waals surface area contributed by atoms with Crippen molar-refractivity contribution in [1.82, 2.24) is 20.8 Å². The van der Waals surface area contributed by atoms with Gasteiger partial charge in [-0.05, 0) is 36.4 Å². The topological polar surface area (TPSA) is 109 Å². The summed E-state index contributed by atoms with van der Waals surface area (Å²) >= 11 is 0. The minimum absolute atomic E-state index is 0. The molecule has 0 aliphatic carbocycles. The maximum atomic E-state index is 11.6. The number of hydrogen-bond acceptors (Lipinski definition) is 6. The van der Waals surface area contributed by atoms with Crippen molar-refractivity contribution in [2.75, 3.05) is 0 Å². The summed E-state index contributed by atoms with van der Waals surface area (Å²) in [6.45, 7) is 1.40. The Balaban J connectivity index is 0.000000308. The largest absolute Gasteiger partial charge is 0.274 e. The van der Waals surface area contributed by atoms with Crippen LogP contribution in [0.1, 0.15) is 36.1 Å². The maximum Gasteiger partial charge on any atom is 0.271 e. The van der Waals surface area contributed by atoms with Gasteiger partial charge in [-0.1, -0.05) is 37.8 Å². The van der Waals surface area contributed by atoms with Crippen LogP contribution in [0, 0.1) is 0 Å². The second-order valence-electron chi connectivity index (χ2n) is 5.50. The summed E-state index contributed by atoms with van der Waals surface area (Å²) in [7, 11) is 0. The van der Waals surface area contributed by atoms with Crippen molar-refractivity contribution in [2.24, 2.45) is 10.2 Å². The van der Waals surface area contributed by atoms with E-state index in [1.165, 1.54) is 19.4 Å². The number of hydrogen-bond donors (Lipinski definition) is 2. The van der Waals surface area contributed by atoms with Crippen molar-refractivity contribution >= 4 is 24.2 Å². The van der Waals surface area contributed by atoms with E-state index in [1.807, 2.05) is 30.3 Å². The standard InChI is InChI=1S/C13H11N3O.C8H9N3O.CH4/c17-13(11-6-2-1-3-7-11)16-15-10-12-8-4-5-9-14-12;1-7(12)11-10-6-8-4-2-3-5-9-8;/h1-10H,(H,16,17);2-6H,1H3,(H,11,12);1H4/b15-10+;10-6+;. The van der Waals surface area contributed by atoms with Crippen molar-refractivity contribution in [3.63, 3.8) is 0 Å². The van der Waals surface area contributed by atoms with Gasteiger partial charge in [-0.15, -0.1) is 0 Å². The van der Waals surface area contributed by atoms with Gasteiger partial charge in [0.25, 0.3) is 5.91 Å². The first-order valence-electron chi connectivity index (χ1n) is 8.65. The van der Waals surface area contributed by atoms with E-state index in [0.29, 0.717) is 17.0 Å². The van der Waals surface area contributed by atoms with Gasteiger partial charge in [0, 0.05) is 24.9 Å². The molecule has 0 aliphatic heterocycles. The summed E-state index contributed by atoms with van der Waals surface area (Å²) in [6.07, 6.45) is 6.32. The molecule has 0 spiro atoms. The van der Waals surface area contributed by atoms with Gasteiger partial charge in [0.05, 0.1) is 23.8 Å². The number of amides is 2. The first-order chi connectivity index (χ1) is 14.1. The molecular formula is C22H24N6O2. The van der Waals surface area contributed by atoms with Crippen LogP contribution >= 0.6 is 0 Å². The monoisotopic (exact) mass is 404 g/mol. The molecule has 8 heteroatoms. The summed E-state index contributed by atoms with van der Waals surface area (Å²) in [4.78, 5) is 30.0. The lowest BCUT2D eigenvalue weighted by atomic mass is 10.2. The quantitative estimate of drug-likeness (QED) is 0.503. The second kappa shape index (κ2) is 13.9. The van der Waals surface area contributed by atoms with E-state index in [1.54, 1.807) is 48.8 Å². The van der Waals surface area contributed by atoms with Crippen molar-refractivity contribution in [3.8, 4) is 0 Å². The number of aromatic nitrogens is 2. The van der Waals surface area contributed by atoms with E-state index in [9.17, 15) is 9.59 Å². The lowest BCUT2D eigenvalue weighted by Crippen LogP contribution is -2.17. The van der Waals surface area contributed by atoms with Gasteiger partial charge in [0.1, 0.15) is 0 Å². The second-order valence-corrected chi connectivity index (χ2v) is 5.50. The molecular weight excluding hydrogens is 380 g/mol. The zero-order valence-electron chi connectivity index (χ0n) is 15.8. The summed E-state index contributed by atoms with van der Waals surface area (Å²) < 4.78 is 0. The molecule has 2 heterocycles. The average molecular weight is 404 g/mol. The van der Waals surface area contributed by atoms with Crippen LogP contribution in [0.5, 0.6) is 0 Å². The van der Waals surface area contributed by atoms with Crippen LogP contribution in [-0.4, -0.2) is 34.2 Å². The number of carbonyl (C=O) groups is 2. The Morgan fingerprint density at radius 3 is 1.73 bits per heavy atom. The lowest BCUT2D eigenvalue weighted by Gasteiger charge is -1.98. The number of hydrazone groups is 2. The fourth-order valence-electron chi connectivity index (χ4n) is 1.91. The predicted octanol–water partition coefficient (Wildman–Crippen LogP) is 3.03. The van der Waals surface area contributed by atoms with Gasteiger partial charge >= 0.3 is 0 Å². The summed E-state index contributed by atoms with van der Waals surface area (Å²) in [5.74, 6) is -0.431. The van der Waals surface area contributed by atoms with Gasteiger partial charge < -0.3 is 0 Å². The molecule has 154 valence electrons. The van der Waals surface area contributed by atoms with Crippen LogP contribution in [0.3, 0.4) is 0 Å². The lowest BCUT2D eigenvalue weighted by molar-refractivity contribution is -0.118. The van der Waals surface area contributed by atoms with Crippen molar-refractivity contribution in [1.29, 1.82) is 0 Å². The molecule has 30 heavy (non-hydrogen) atoms.